The van der Waals surface area contributed by atoms with Crippen LogP contribution in [0, 0.1) is 12.8 Å². The second-order valence-corrected chi connectivity index (χ2v) is 5.87. The Morgan fingerprint density at radius 3 is 2.77 bits per heavy atom. The Morgan fingerprint density at radius 1 is 1.36 bits per heavy atom. The highest BCUT2D eigenvalue weighted by atomic mass is 16.4. The normalized spacial score (nSPS) is 15.5. The number of carboxylic acid groups (broad SMARTS) is 1. The molecule has 1 fully saturated rings. The molecule has 22 heavy (non-hydrogen) atoms. The van der Waals surface area contributed by atoms with Crippen LogP contribution in [0.4, 0.5) is 0 Å². The zero-order chi connectivity index (χ0) is 15.7. The molecular formula is C17H18N2O3. The van der Waals surface area contributed by atoms with Crippen LogP contribution < -0.4 is 5.32 Å². The van der Waals surface area contributed by atoms with E-state index >= 15 is 0 Å². The topological polar surface area (TPSA) is 79.3 Å². The van der Waals surface area contributed by atoms with Crippen LogP contribution in [0.15, 0.2) is 30.3 Å². The van der Waals surface area contributed by atoms with E-state index in [1.54, 1.807) is 6.07 Å². The van der Waals surface area contributed by atoms with E-state index in [4.69, 9.17) is 0 Å². The molecule has 5 heteroatoms. The number of nitrogens with zero attached hydrogens (tertiary/aromatic N) is 1. The van der Waals surface area contributed by atoms with Crippen LogP contribution in [0.3, 0.4) is 0 Å². The maximum absolute atomic E-state index is 12.5. The molecule has 2 aromatic rings. The Labute approximate surface area is 128 Å². The monoisotopic (exact) mass is 298 g/mol. The van der Waals surface area contributed by atoms with Gasteiger partial charge in [0, 0.05) is 11.1 Å². The lowest BCUT2D eigenvalue weighted by Gasteiger charge is -2.15. The second kappa shape index (κ2) is 5.75. The minimum Gasteiger partial charge on any atom is -0.480 e. The number of carbonyl (C=O) groups excluding carboxylic acids is 1. The van der Waals surface area contributed by atoms with Gasteiger partial charge < -0.3 is 10.4 Å². The fourth-order valence-corrected chi connectivity index (χ4v) is 2.64. The smallest absolute Gasteiger partial charge is 0.326 e. The Kier molecular flexibility index (Phi) is 3.79. The first-order valence-corrected chi connectivity index (χ1v) is 7.44. The molecule has 1 saturated carbocycles. The Bertz CT molecular complexity index is 738. The second-order valence-electron chi connectivity index (χ2n) is 5.87. The maximum atomic E-state index is 12.5. The Balaban J connectivity index is 1.89. The molecular weight excluding hydrogens is 280 g/mol. The van der Waals surface area contributed by atoms with Crippen LogP contribution >= 0.6 is 0 Å². The molecule has 0 radical (unpaired) electrons. The fourth-order valence-electron chi connectivity index (χ4n) is 2.64. The standard InChI is InChI=1S/C17H18N2O3/c1-10-8-13(12-4-2-3-5-14(12)18-10)16(20)19-15(17(21)22)9-11-6-7-11/h2-5,8,11,15H,6-7,9H2,1H3,(H,19,20)(H,21,22)/t15-/m1/s1. The summed E-state index contributed by atoms with van der Waals surface area (Å²) in [7, 11) is 0. The fraction of sp³-hybridized carbons (Fsp3) is 0.353. The molecule has 0 bridgehead atoms. The van der Waals surface area contributed by atoms with Crippen molar-refractivity contribution in [2.75, 3.05) is 0 Å². The summed E-state index contributed by atoms with van der Waals surface area (Å²) in [6.07, 6.45) is 2.61. The third-order valence-corrected chi connectivity index (χ3v) is 3.96. The van der Waals surface area contributed by atoms with Crippen LogP contribution in [-0.4, -0.2) is 28.0 Å². The number of rotatable bonds is 5. The number of pyridine rings is 1. The van der Waals surface area contributed by atoms with Crippen LogP contribution in [0.1, 0.15) is 35.3 Å². The minimum absolute atomic E-state index is 0.352. The number of aryl methyl sites for hydroxylation is 1. The molecule has 0 spiro atoms. The van der Waals surface area contributed by atoms with Crippen LogP contribution in [-0.2, 0) is 4.79 Å². The number of hydrogen-bond donors (Lipinski definition) is 2. The number of hydrogen-bond acceptors (Lipinski definition) is 3. The average Bonchev–Trinajstić information content (AvgIpc) is 3.29. The highest BCUT2D eigenvalue weighted by Gasteiger charge is 2.30. The number of aromatic nitrogens is 1. The van der Waals surface area contributed by atoms with Gasteiger partial charge in [0.2, 0.25) is 0 Å². The molecule has 5 nitrogen and oxygen atoms in total. The van der Waals surface area contributed by atoms with E-state index in [9.17, 15) is 14.7 Å². The van der Waals surface area contributed by atoms with E-state index in [-0.39, 0.29) is 5.91 Å². The zero-order valence-corrected chi connectivity index (χ0v) is 12.4. The lowest BCUT2D eigenvalue weighted by atomic mass is 10.1. The molecule has 1 aliphatic carbocycles. The number of para-hydroxylation sites is 1. The summed E-state index contributed by atoms with van der Waals surface area (Å²) >= 11 is 0. The van der Waals surface area contributed by atoms with Crippen molar-refractivity contribution < 1.29 is 14.7 Å². The van der Waals surface area contributed by atoms with Gasteiger partial charge >= 0.3 is 5.97 Å². The molecule has 3 rings (SSSR count). The summed E-state index contributed by atoms with van der Waals surface area (Å²) in [5.74, 6) is -0.901. The number of fused-ring (bicyclic) bond motifs is 1. The first-order chi connectivity index (χ1) is 10.5. The molecule has 1 aliphatic rings. The van der Waals surface area contributed by atoms with Crippen molar-refractivity contribution in [1.82, 2.24) is 10.3 Å². The van der Waals surface area contributed by atoms with Gasteiger partial charge in [-0.25, -0.2) is 4.79 Å². The van der Waals surface area contributed by atoms with E-state index in [0.717, 1.165) is 29.4 Å². The number of nitrogens with one attached hydrogen (secondary N) is 1. The van der Waals surface area contributed by atoms with Crippen molar-refractivity contribution in [3.05, 3.63) is 41.6 Å². The predicted octanol–water partition coefficient (Wildman–Crippen LogP) is 2.53. The summed E-state index contributed by atoms with van der Waals surface area (Å²) in [6, 6.07) is 8.25. The predicted molar refractivity (Wildman–Crippen MR) is 82.7 cm³/mol. The van der Waals surface area contributed by atoms with E-state index in [1.165, 1.54) is 0 Å². The summed E-state index contributed by atoms with van der Waals surface area (Å²) < 4.78 is 0. The molecule has 1 atom stereocenters. The molecule has 114 valence electrons. The number of aliphatic carboxylic acids is 1. The van der Waals surface area contributed by atoms with Crippen LogP contribution in [0.25, 0.3) is 10.9 Å². The molecule has 1 aromatic heterocycles. The van der Waals surface area contributed by atoms with Crippen molar-refractivity contribution >= 4 is 22.8 Å². The van der Waals surface area contributed by atoms with Gasteiger partial charge in [-0.3, -0.25) is 9.78 Å². The average molecular weight is 298 g/mol. The molecule has 2 N–H and O–H groups in total. The van der Waals surface area contributed by atoms with E-state index in [0.29, 0.717) is 17.9 Å². The SMILES string of the molecule is Cc1cc(C(=O)N[C@H](CC2CC2)C(=O)O)c2ccccc2n1. The first-order valence-electron chi connectivity index (χ1n) is 7.44. The molecule has 1 amide bonds. The number of carbonyl (C=O) groups is 2. The van der Waals surface area contributed by atoms with Crippen molar-refractivity contribution in [3.8, 4) is 0 Å². The molecule has 0 unspecified atom stereocenters. The summed E-state index contributed by atoms with van der Waals surface area (Å²) in [5.41, 5.74) is 1.95. The lowest BCUT2D eigenvalue weighted by molar-refractivity contribution is -0.139. The quantitative estimate of drug-likeness (QED) is 0.889. The maximum Gasteiger partial charge on any atom is 0.326 e. The Morgan fingerprint density at radius 2 is 2.09 bits per heavy atom. The van der Waals surface area contributed by atoms with Gasteiger partial charge in [0.25, 0.3) is 5.91 Å². The number of carboxylic acids is 1. The third kappa shape index (κ3) is 3.08. The number of benzene rings is 1. The van der Waals surface area contributed by atoms with Gasteiger partial charge in [-0.1, -0.05) is 31.0 Å². The van der Waals surface area contributed by atoms with Gasteiger partial charge in [-0.15, -0.1) is 0 Å². The van der Waals surface area contributed by atoms with Crippen molar-refractivity contribution in [3.63, 3.8) is 0 Å². The number of amides is 1. The molecule has 0 aliphatic heterocycles. The highest BCUT2D eigenvalue weighted by molar-refractivity contribution is 6.07. The van der Waals surface area contributed by atoms with Gasteiger partial charge in [0.05, 0.1) is 11.1 Å². The van der Waals surface area contributed by atoms with Crippen molar-refractivity contribution in [2.45, 2.75) is 32.2 Å². The summed E-state index contributed by atoms with van der Waals surface area (Å²) in [6.45, 7) is 1.82. The minimum atomic E-state index is -0.977. The zero-order valence-electron chi connectivity index (χ0n) is 12.4. The van der Waals surface area contributed by atoms with Gasteiger partial charge in [0.1, 0.15) is 6.04 Å². The van der Waals surface area contributed by atoms with Gasteiger partial charge in [-0.05, 0) is 31.4 Å². The highest BCUT2D eigenvalue weighted by Crippen LogP contribution is 2.33. The van der Waals surface area contributed by atoms with Crippen molar-refractivity contribution in [1.29, 1.82) is 0 Å². The van der Waals surface area contributed by atoms with Crippen LogP contribution in [0.2, 0.25) is 0 Å². The third-order valence-electron chi connectivity index (χ3n) is 3.96. The van der Waals surface area contributed by atoms with E-state index in [1.807, 2.05) is 31.2 Å². The summed E-state index contributed by atoms with van der Waals surface area (Å²) in [4.78, 5) is 28.3. The van der Waals surface area contributed by atoms with E-state index < -0.39 is 12.0 Å². The van der Waals surface area contributed by atoms with Crippen molar-refractivity contribution in [2.24, 2.45) is 5.92 Å². The lowest BCUT2D eigenvalue weighted by Crippen LogP contribution is -2.41. The first kappa shape index (κ1) is 14.5. The van der Waals surface area contributed by atoms with Crippen LogP contribution in [0.5, 0.6) is 0 Å². The molecule has 1 heterocycles. The molecule has 0 saturated heterocycles. The van der Waals surface area contributed by atoms with E-state index in [2.05, 4.69) is 10.3 Å². The molecule has 1 aromatic carbocycles. The van der Waals surface area contributed by atoms with Gasteiger partial charge in [0.15, 0.2) is 0 Å². The summed E-state index contributed by atoms with van der Waals surface area (Å²) in [5, 5.41) is 12.7. The largest absolute Gasteiger partial charge is 0.480 e. The van der Waals surface area contributed by atoms with Gasteiger partial charge in [-0.2, -0.15) is 0 Å². The Hall–Kier alpha value is -2.43.